The second kappa shape index (κ2) is 7.20. The van der Waals surface area contributed by atoms with Crippen LogP contribution in [0.3, 0.4) is 0 Å². The second-order valence-electron chi connectivity index (χ2n) is 5.31. The van der Waals surface area contributed by atoms with Gasteiger partial charge in [0.2, 0.25) is 0 Å². The molecule has 0 saturated carbocycles. The molecule has 1 unspecified atom stereocenters. The van der Waals surface area contributed by atoms with Crippen LogP contribution >= 0.6 is 0 Å². The normalized spacial score (nSPS) is 17.1. The van der Waals surface area contributed by atoms with Gasteiger partial charge < -0.3 is 14.9 Å². The van der Waals surface area contributed by atoms with Crippen LogP contribution in [0.1, 0.15) is 46.0 Å². The van der Waals surface area contributed by atoms with Crippen molar-refractivity contribution < 1.29 is 14.5 Å². The van der Waals surface area contributed by atoms with Crippen molar-refractivity contribution in [1.29, 1.82) is 0 Å². The standard InChI is InChI=1S/C15H21N3O4/c1-3-5-6-7-10-17-14-12(22-11(4-2)15(17)19)8-9-13(16-14)18(20)21/h8-9,11H,3-7,10H2,1-2H3. The Bertz CT molecular complexity index is 562. The van der Waals surface area contributed by atoms with E-state index in [1.165, 1.54) is 17.0 Å². The fourth-order valence-corrected chi connectivity index (χ4v) is 2.47. The number of ether oxygens (including phenoxy) is 1. The number of aromatic nitrogens is 1. The zero-order valence-corrected chi connectivity index (χ0v) is 12.9. The lowest BCUT2D eigenvalue weighted by Crippen LogP contribution is -2.46. The van der Waals surface area contributed by atoms with Gasteiger partial charge in [0, 0.05) is 12.6 Å². The van der Waals surface area contributed by atoms with E-state index in [1.807, 2.05) is 6.92 Å². The van der Waals surface area contributed by atoms with E-state index >= 15 is 0 Å². The summed E-state index contributed by atoms with van der Waals surface area (Å²) in [4.78, 5) is 28.3. The lowest BCUT2D eigenvalue weighted by Gasteiger charge is -2.30. The van der Waals surface area contributed by atoms with Crippen LogP contribution in [0.25, 0.3) is 0 Å². The van der Waals surface area contributed by atoms with Crippen LogP contribution in [0.15, 0.2) is 12.1 Å². The first-order valence-electron chi connectivity index (χ1n) is 7.72. The van der Waals surface area contributed by atoms with Crippen LogP contribution in [0.2, 0.25) is 0 Å². The Morgan fingerprint density at radius 3 is 2.73 bits per heavy atom. The van der Waals surface area contributed by atoms with E-state index in [4.69, 9.17) is 4.74 Å². The fourth-order valence-electron chi connectivity index (χ4n) is 2.47. The van der Waals surface area contributed by atoms with Gasteiger partial charge in [-0.25, -0.2) is 0 Å². The van der Waals surface area contributed by atoms with E-state index < -0.39 is 11.0 Å². The highest BCUT2D eigenvalue weighted by molar-refractivity contribution is 5.99. The van der Waals surface area contributed by atoms with Gasteiger partial charge in [-0.3, -0.25) is 9.69 Å². The van der Waals surface area contributed by atoms with Gasteiger partial charge in [0.05, 0.1) is 0 Å². The minimum atomic E-state index is -0.564. The summed E-state index contributed by atoms with van der Waals surface area (Å²) in [6, 6.07) is 2.82. The van der Waals surface area contributed by atoms with Crippen LogP contribution in [0.4, 0.5) is 11.6 Å². The molecule has 22 heavy (non-hydrogen) atoms. The summed E-state index contributed by atoms with van der Waals surface area (Å²) in [5, 5.41) is 10.9. The zero-order valence-electron chi connectivity index (χ0n) is 12.9. The SMILES string of the molecule is CCCCCCN1C(=O)C(CC)Oc2ccc([N+](=O)[O-])nc21. The average molecular weight is 307 g/mol. The summed E-state index contributed by atoms with van der Waals surface area (Å²) >= 11 is 0. The van der Waals surface area contributed by atoms with E-state index in [-0.39, 0.29) is 17.5 Å². The highest BCUT2D eigenvalue weighted by Gasteiger charge is 2.37. The summed E-state index contributed by atoms with van der Waals surface area (Å²) in [6.45, 7) is 4.51. The lowest BCUT2D eigenvalue weighted by atomic mass is 10.1. The number of anilines is 1. The number of pyridine rings is 1. The Kier molecular flexibility index (Phi) is 5.30. The predicted molar refractivity (Wildman–Crippen MR) is 82.1 cm³/mol. The number of carbonyl (C=O) groups is 1. The topological polar surface area (TPSA) is 85.6 Å². The molecule has 0 fully saturated rings. The quantitative estimate of drug-likeness (QED) is 0.439. The minimum absolute atomic E-state index is 0.167. The van der Waals surface area contributed by atoms with Crippen molar-refractivity contribution in [2.45, 2.75) is 52.1 Å². The van der Waals surface area contributed by atoms with Crippen molar-refractivity contribution in [1.82, 2.24) is 4.98 Å². The molecule has 0 bridgehead atoms. The minimum Gasteiger partial charge on any atom is -0.474 e. The van der Waals surface area contributed by atoms with Gasteiger partial charge in [0.1, 0.15) is 0 Å². The van der Waals surface area contributed by atoms with Gasteiger partial charge >= 0.3 is 5.82 Å². The van der Waals surface area contributed by atoms with E-state index in [0.29, 0.717) is 18.7 Å². The Morgan fingerprint density at radius 2 is 2.09 bits per heavy atom. The molecule has 1 aromatic rings. The zero-order chi connectivity index (χ0) is 16.1. The van der Waals surface area contributed by atoms with Crippen LogP contribution in [-0.2, 0) is 4.79 Å². The summed E-state index contributed by atoms with van der Waals surface area (Å²) < 4.78 is 5.61. The van der Waals surface area contributed by atoms with Crippen molar-refractivity contribution in [2.24, 2.45) is 0 Å². The van der Waals surface area contributed by atoms with Crippen molar-refractivity contribution >= 4 is 17.5 Å². The van der Waals surface area contributed by atoms with Crippen LogP contribution < -0.4 is 9.64 Å². The van der Waals surface area contributed by atoms with E-state index in [2.05, 4.69) is 11.9 Å². The molecule has 7 nitrogen and oxygen atoms in total. The van der Waals surface area contributed by atoms with Gasteiger partial charge in [-0.1, -0.05) is 33.1 Å². The number of hydrogen-bond donors (Lipinski definition) is 0. The van der Waals surface area contributed by atoms with Crippen LogP contribution in [0, 0.1) is 10.1 Å². The third-order valence-corrected chi connectivity index (χ3v) is 3.68. The smallest absolute Gasteiger partial charge is 0.366 e. The first kappa shape index (κ1) is 16.2. The maximum Gasteiger partial charge on any atom is 0.366 e. The number of hydrogen-bond acceptors (Lipinski definition) is 5. The molecule has 0 N–H and O–H groups in total. The molecule has 0 aromatic carbocycles. The number of unbranched alkanes of at least 4 members (excludes halogenated alkanes) is 3. The van der Waals surface area contributed by atoms with Crippen LogP contribution in [-0.4, -0.2) is 28.5 Å². The van der Waals surface area contributed by atoms with Crippen molar-refractivity contribution in [2.75, 3.05) is 11.4 Å². The number of fused-ring (bicyclic) bond motifs is 1. The molecule has 0 radical (unpaired) electrons. The van der Waals surface area contributed by atoms with Crippen LogP contribution in [0.5, 0.6) is 5.75 Å². The van der Waals surface area contributed by atoms with Gasteiger partial charge in [0.25, 0.3) is 11.7 Å². The maximum absolute atomic E-state index is 12.5. The summed E-state index contributed by atoms with van der Waals surface area (Å²) in [5.41, 5.74) is 0. The molecular weight excluding hydrogens is 286 g/mol. The largest absolute Gasteiger partial charge is 0.474 e. The molecule has 2 rings (SSSR count). The lowest BCUT2D eigenvalue weighted by molar-refractivity contribution is -0.389. The highest BCUT2D eigenvalue weighted by Crippen LogP contribution is 2.34. The summed E-state index contributed by atoms with van der Waals surface area (Å²) in [6.07, 6.45) is 4.09. The molecular formula is C15H21N3O4. The Labute approximate surface area is 129 Å². The summed E-state index contributed by atoms with van der Waals surface area (Å²) in [5.74, 6) is 0.260. The molecule has 1 aliphatic heterocycles. The Balaban J connectivity index is 2.27. The Morgan fingerprint density at radius 1 is 1.32 bits per heavy atom. The predicted octanol–water partition coefficient (Wildman–Crippen LogP) is 3.07. The third kappa shape index (κ3) is 3.35. The van der Waals surface area contributed by atoms with E-state index in [9.17, 15) is 14.9 Å². The monoisotopic (exact) mass is 307 g/mol. The van der Waals surface area contributed by atoms with Gasteiger partial charge in [-0.2, -0.15) is 0 Å². The number of amides is 1. The van der Waals surface area contributed by atoms with Gasteiger partial charge in [-0.05, 0) is 28.8 Å². The molecule has 0 spiro atoms. The van der Waals surface area contributed by atoms with Crippen molar-refractivity contribution in [3.63, 3.8) is 0 Å². The van der Waals surface area contributed by atoms with Crippen molar-refractivity contribution in [3.8, 4) is 5.75 Å². The number of carbonyl (C=O) groups excluding carboxylic acids is 1. The first-order chi connectivity index (χ1) is 10.6. The maximum atomic E-state index is 12.5. The average Bonchev–Trinajstić information content (AvgIpc) is 2.52. The molecule has 1 amide bonds. The number of rotatable bonds is 7. The third-order valence-electron chi connectivity index (χ3n) is 3.68. The summed E-state index contributed by atoms with van der Waals surface area (Å²) in [7, 11) is 0. The fraction of sp³-hybridized carbons (Fsp3) is 0.600. The van der Waals surface area contributed by atoms with E-state index in [0.717, 1.165) is 25.7 Å². The number of nitrogens with zero attached hydrogens (tertiary/aromatic N) is 3. The molecule has 0 saturated heterocycles. The Hall–Kier alpha value is -2.18. The van der Waals surface area contributed by atoms with Crippen molar-refractivity contribution in [3.05, 3.63) is 22.2 Å². The molecule has 120 valence electrons. The van der Waals surface area contributed by atoms with Gasteiger partial charge in [0.15, 0.2) is 11.9 Å². The second-order valence-corrected chi connectivity index (χ2v) is 5.31. The molecule has 1 atom stereocenters. The molecule has 7 heteroatoms. The highest BCUT2D eigenvalue weighted by atomic mass is 16.6. The first-order valence-corrected chi connectivity index (χ1v) is 7.72. The molecule has 2 heterocycles. The van der Waals surface area contributed by atoms with Gasteiger partial charge in [-0.15, -0.1) is 0 Å². The molecule has 1 aromatic heterocycles. The number of nitro groups is 1. The molecule has 1 aliphatic rings. The molecule has 0 aliphatic carbocycles. The van der Waals surface area contributed by atoms with E-state index in [1.54, 1.807) is 0 Å².